The second-order valence-electron chi connectivity index (χ2n) is 5.83. The third-order valence-electron chi connectivity index (χ3n) is 4.19. The summed E-state index contributed by atoms with van der Waals surface area (Å²) in [5.41, 5.74) is 2.39. The number of anilines is 1. The van der Waals surface area contributed by atoms with Gasteiger partial charge < -0.3 is 20.1 Å². The Hall–Kier alpha value is -3.02. The summed E-state index contributed by atoms with van der Waals surface area (Å²) in [5.74, 6) is 0.500. The predicted octanol–water partition coefficient (Wildman–Crippen LogP) is 2.45. The maximum Gasteiger partial charge on any atom is 0.228 e. The standard InChI is InChI=1S/C19H20N2O4/c1-24-13-7-12(8-14(9-13)25-2)11-20-19(23)16-10-18(22)21-17-6-4-3-5-15(16)17/h3-9,16H,10-11H2,1-2H3,(H,20,23)(H,21,22)/t16-/m1/s1. The van der Waals surface area contributed by atoms with Gasteiger partial charge in [0.15, 0.2) is 0 Å². The molecule has 1 atom stereocenters. The van der Waals surface area contributed by atoms with Gasteiger partial charge in [-0.2, -0.15) is 0 Å². The average molecular weight is 340 g/mol. The van der Waals surface area contributed by atoms with Crippen LogP contribution in [0.3, 0.4) is 0 Å². The second kappa shape index (κ2) is 7.25. The van der Waals surface area contributed by atoms with E-state index in [4.69, 9.17) is 9.47 Å². The lowest BCUT2D eigenvalue weighted by Gasteiger charge is -2.24. The summed E-state index contributed by atoms with van der Waals surface area (Å²) in [6.07, 6.45) is 0.143. The first-order valence-electron chi connectivity index (χ1n) is 7.99. The van der Waals surface area contributed by atoms with Crippen molar-refractivity contribution in [1.82, 2.24) is 5.32 Å². The summed E-state index contributed by atoms with van der Waals surface area (Å²) >= 11 is 0. The maximum atomic E-state index is 12.6. The fourth-order valence-corrected chi connectivity index (χ4v) is 2.93. The van der Waals surface area contributed by atoms with Gasteiger partial charge in [0.1, 0.15) is 11.5 Å². The van der Waals surface area contributed by atoms with Crippen molar-refractivity contribution in [2.75, 3.05) is 19.5 Å². The Morgan fingerprint density at radius 2 is 1.84 bits per heavy atom. The third-order valence-corrected chi connectivity index (χ3v) is 4.19. The summed E-state index contributed by atoms with van der Waals surface area (Å²) in [6.45, 7) is 0.326. The predicted molar refractivity (Wildman–Crippen MR) is 93.8 cm³/mol. The van der Waals surface area contributed by atoms with Crippen LogP contribution in [0, 0.1) is 0 Å². The van der Waals surface area contributed by atoms with Crippen molar-refractivity contribution in [3.05, 3.63) is 53.6 Å². The van der Waals surface area contributed by atoms with Crippen LogP contribution >= 0.6 is 0 Å². The minimum atomic E-state index is -0.488. The molecule has 0 unspecified atom stereocenters. The summed E-state index contributed by atoms with van der Waals surface area (Å²) in [4.78, 5) is 24.5. The summed E-state index contributed by atoms with van der Waals surface area (Å²) < 4.78 is 10.5. The molecule has 0 saturated heterocycles. The van der Waals surface area contributed by atoms with Gasteiger partial charge in [-0.1, -0.05) is 18.2 Å². The minimum absolute atomic E-state index is 0.143. The number of benzene rings is 2. The van der Waals surface area contributed by atoms with Gasteiger partial charge in [0.05, 0.1) is 20.1 Å². The Kier molecular flexibility index (Phi) is 4.88. The van der Waals surface area contributed by atoms with Crippen molar-refractivity contribution >= 4 is 17.5 Å². The highest BCUT2D eigenvalue weighted by atomic mass is 16.5. The van der Waals surface area contributed by atoms with E-state index in [-0.39, 0.29) is 18.2 Å². The maximum absolute atomic E-state index is 12.6. The molecule has 2 aromatic rings. The van der Waals surface area contributed by atoms with Crippen LogP contribution in [0.15, 0.2) is 42.5 Å². The number of amides is 2. The van der Waals surface area contributed by atoms with Gasteiger partial charge in [-0.25, -0.2) is 0 Å². The molecular formula is C19H20N2O4. The molecule has 0 saturated carbocycles. The summed E-state index contributed by atoms with van der Waals surface area (Å²) in [5, 5.41) is 5.70. The van der Waals surface area contributed by atoms with Gasteiger partial charge in [-0.05, 0) is 29.3 Å². The molecular weight excluding hydrogens is 320 g/mol. The summed E-state index contributed by atoms with van der Waals surface area (Å²) in [7, 11) is 3.16. The number of nitrogens with one attached hydrogen (secondary N) is 2. The van der Waals surface area contributed by atoms with Crippen LogP contribution in [0.2, 0.25) is 0 Å². The van der Waals surface area contributed by atoms with Crippen molar-refractivity contribution in [3.8, 4) is 11.5 Å². The smallest absolute Gasteiger partial charge is 0.228 e. The first-order valence-corrected chi connectivity index (χ1v) is 7.99. The number of carbonyl (C=O) groups is 2. The Balaban J connectivity index is 1.74. The zero-order valence-corrected chi connectivity index (χ0v) is 14.2. The number of ether oxygens (including phenoxy) is 2. The van der Waals surface area contributed by atoms with Gasteiger partial charge in [-0.3, -0.25) is 9.59 Å². The van der Waals surface area contributed by atoms with Crippen molar-refractivity contribution in [3.63, 3.8) is 0 Å². The molecule has 6 nitrogen and oxygen atoms in total. The van der Waals surface area contributed by atoms with E-state index in [2.05, 4.69) is 10.6 Å². The lowest BCUT2D eigenvalue weighted by atomic mass is 9.90. The highest BCUT2D eigenvalue weighted by molar-refractivity contribution is 6.01. The Morgan fingerprint density at radius 1 is 1.16 bits per heavy atom. The molecule has 25 heavy (non-hydrogen) atoms. The number of rotatable bonds is 5. The number of hydrogen-bond acceptors (Lipinski definition) is 4. The van der Waals surface area contributed by atoms with E-state index >= 15 is 0 Å². The molecule has 2 amide bonds. The number of methoxy groups -OCH3 is 2. The van der Waals surface area contributed by atoms with E-state index in [0.29, 0.717) is 23.7 Å². The molecule has 0 bridgehead atoms. The topological polar surface area (TPSA) is 76.7 Å². The molecule has 0 fully saturated rings. The van der Waals surface area contributed by atoms with E-state index in [1.165, 1.54) is 0 Å². The molecule has 1 aliphatic heterocycles. The number of carbonyl (C=O) groups excluding carboxylic acids is 2. The third kappa shape index (κ3) is 3.74. The van der Waals surface area contributed by atoms with Gasteiger partial charge >= 0.3 is 0 Å². The van der Waals surface area contributed by atoms with Crippen LogP contribution in [0.5, 0.6) is 11.5 Å². The number of fused-ring (bicyclic) bond motifs is 1. The molecule has 2 N–H and O–H groups in total. The fourth-order valence-electron chi connectivity index (χ4n) is 2.93. The number of para-hydroxylation sites is 1. The van der Waals surface area contributed by atoms with E-state index in [0.717, 1.165) is 11.1 Å². The van der Waals surface area contributed by atoms with Crippen LogP contribution < -0.4 is 20.1 Å². The van der Waals surface area contributed by atoms with Gasteiger partial charge in [0, 0.05) is 24.7 Å². The zero-order valence-electron chi connectivity index (χ0n) is 14.2. The highest BCUT2D eigenvalue weighted by Crippen LogP contribution is 2.32. The molecule has 0 aliphatic carbocycles. The molecule has 1 aliphatic rings. The lowest BCUT2D eigenvalue weighted by Crippen LogP contribution is -2.34. The monoisotopic (exact) mass is 340 g/mol. The first kappa shape index (κ1) is 16.8. The first-order chi connectivity index (χ1) is 12.1. The minimum Gasteiger partial charge on any atom is -0.497 e. The zero-order chi connectivity index (χ0) is 17.8. The molecule has 3 rings (SSSR count). The van der Waals surface area contributed by atoms with Crippen LogP contribution in [-0.2, 0) is 16.1 Å². The fraction of sp³-hybridized carbons (Fsp3) is 0.263. The van der Waals surface area contributed by atoms with Crippen molar-refractivity contribution in [1.29, 1.82) is 0 Å². The van der Waals surface area contributed by atoms with Crippen molar-refractivity contribution < 1.29 is 19.1 Å². The molecule has 0 spiro atoms. The second-order valence-corrected chi connectivity index (χ2v) is 5.83. The largest absolute Gasteiger partial charge is 0.497 e. The normalized spacial score (nSPS) is 15.8. The molecule has 0 radical (unpaired) electrons. The Labute approximate surface area is 146 Å². The number of hydrogen-bond donors (Lipinski definition) is 2. The van der Waals surface area contributed by atoms with Gasteiger partial charge in [0.25, 0.3) is 0 Å². The van der Waals surface area contributed by atoms with Crippen LogP contribution in [0.25, 0.3) is 0 Å². The quantitative estimate of drug-likeness (QED) is 0.876. The van der Waals surface area contributed by atoms with E-state index in [1.54, 1.807) is 26.4 Å². The average Bonchev–Trinajstić information content (AvgIpc) is 2.64. The Bertz CT molecular complexity index is 782. The van der Waals surface area contributed by atoms with Crippen LogP contribution in [-0.4, -0.2) is 26.0 Å². The van der Waals surface area contributed by atoms with Gasteiger partial charge in [-0.15, -0.1) is 0 Å². The molecule has 1 heterocycles. The molecule has 2 aromatic carbocycles. The molecule has 0 aromatic heterocycles. The van der Waals surface area contributed by atoms with Crippen molar-refractivity contribution in [2.24, 2.45) is 0 Å². The highest BCUT2D eigenvalue weighted by Gasteiger charge is 2.30. The van der Waals surface area contributed by atoms with E-state index in [1.807, 2.05) is 30.3 Å². The Morgan fingerprint density at radius 3 is 2.52 bits per heavy atom. The lowest BCUT2D eigenvalue weighted by molar-refractivity contribution is -0.126. The molecule has 6 heteroatoms. The van der Waals surface area contributed by atoms with E-state index in [9.17, 15) is 9.59 Å². The van der Waals surface area contributed by atoms with Crippen LogP contribution in [0.1, 0.15) is 23.5 Å². The SMILES string of the molecule is COc1cc(CNC(=O)[C@@H]2CC(=O)Nc3ccccc32)cc(OC)c1. The van der Waals surface area contributed by atoms with Gasteiger partial charge in [0.2, 0.25) is 11.8 Å². The van der Waals surface area contributed by atoms with Crippen LogP contribution in [0.4, 0.5) is 5.69 Å². The summed E-state index contributed by atoms with van der Waals surface area (Å²) in [6, 6.07) is 12.8. The molecule has 130 valence electrons. The van der Waals surface area contributed by atoms with Crippen molar-refractivity contribution in [2.45, 2.75) is 18.9 Å². The van der Waals surface area contributed by atoms with E-state index < -0.39 is 5.92 Å².